The molecular weight excluding hydrogens is 290 g/mol. The number of alkyl halides is 1. The van der Waals surface area contributed by atoms with Gasteiger partial charge in [-0.3, -0.25) is 0 Å². The van der Waals surface area contributed by atoms with E-state index in [1.807, 2.05) is 13.8 Å². The number of piperidine rings is 1. The predicted octanol–water partition coefficient (Wildman–Crippen LogP) is 2.47. The summed E-state index contributed by atoms with van der Waals surface area (Å²) in [5.41, 5.74) is 0. The van der Waals surface area contributed by atoms with E-state index in [4.69, 9.17) is 0 Å². The lowest BCUT2D eigenvalue weighted by Gasteiger charge is -2.32. The summed E-state index contributed by atoms with van der Waals surface area (Å²) in [6, 6.07) is 0. The number of halogens is 1. The Kier molecular flexibility index (Phi) is 5.26. The molecule has 3 nitrogen and oxygen atoms in total. The highest BCUT2D eigenvalue weighted by atomic mass is 79.9. The van der Waals surface area contributed by atoms with Crippen molar-refractivity contribution in [3.8, 4) is 0 Å². The van der Waals surface area contributed by atoms with Crippen molar-refractivity contribution < 1.29 is 8.42 Å². The molecule has 0 aromatic heterocycles. The first kappa shape index (κ1) is 14.5. The third-order valence-corrected chi connectivity index (χ3v) is 6.07. The second-order valence-corrected chi connectivity index (χ2v) is 8.54. The van der Waals surface area contributed by atoms with Gasteiger partial charge in [0.1, 0.15) is 0 Å². The van der Waals surface area contributed by atoms with Crippen LogP contribution in [-0.4, -0.2) is 36.4 Å². The molecule has 0 bridgehead atoms. The number of nitrogens with zero attached hydrogens (tertiary/aromatic N) is 1. The molecule has 0 aliphatic carbocycles. The second kappa shape index (κ2) is 5.83. The first-order chi connectivity index (χ1) is 7.33. The standard InChI is InChI=1S/C11H22BrNO2S/c1-9(2)8-16(14,15)13-6-4-11(5-7-13)10(3)12/h9-11H,4-8H2,1-3H3. The smallest absolute Gasteiger partial charge is 0.212 e. The van der Waals surface area contributed by atoms with Crippen LogP contribution < -0.4 is 0 Å². The molecule has 1 rings (SSSR count). The minimum Gasteiger partial charge on any atom is -0.212 e. The largest absolute Gasteiger partial charge is 0.214 e. The van der Waals surface area contributed by atoms with Crippen molar-refractivity contribution in [1.29, 1.82) is 0 Å². The summed E-state index contributed by atoms with van der Waals surface area (Å²) in [7, 11) is -3.01. The Balaban J connectivity index is 2.53. The van der Waals surface area contributed by atoms with Crippen molar-refractivity contribution in [3.63, 3.8) is 0 Å². The van der Waals surface area contributed by atoms with E-state index in [2.05, 4.69) is 22.9 Å². The van der Waals surface area contributed by atoms with E-state index >= 15 is 0 Å². The highest BCUT2D eigenvalue weighted by Gasteiger charge is 2.29. The molecule has 0 radical (unpaired) electrons. The minimum atomic E-state index is -3.01. The van der Waals surface area contributed by atoms with E-state index in [-0.39, 0.29) is 11.7 Å². The van der Waals surface area contributed by atoms with Crippen molar-refractivity contribution in [2.45, 2.75) is 38.4 Å². The Labute approximate surface area is 108 Å². The van der Waals surface area contributed by atoms with Crippen LogP contribution in [-0.2, 0) is 10.0 Å². The van der Waals surface area contributed by atoms with E-state index < -0.39 is 10.0 Å². The van der Waals surface area contributed by atoms with E-state index in [9.17, 15) is 8.42 Å². The summed E-state index contributed by atoms with van der Waals surface area (Å²) >= 11 is 3.58. The van der Waals surface area contributed by atoms with Gasteiger partial charge in [0.15, 0.2) is 0 Å². The quantitative estimate of drug-likeness (QED) is 0.748. The van der Waals surface area contributed by atoms with Gasteiger partial charge in [-0.05, 0) is 24.7 Å². The number of rotatable bonds is 4. The van der Waals surface area contributed by atoms with Crippen LogP contribution in [0.4, 0.5) is 0 Å². The summed E-state index contributed by atoms with van der Waals surface area (Å²) in [5.74, 6) is 1.10. The van der Waals surface area contributed by atoms with Gasteiger partial charge in [-0.15, -0.1) is 0 Å². The topological polar surface area (TPSA) is 37.4 Å². The van der Waals surface area contributed by atoms with Crippen molar-refractivity contribution in [3.05, 3.63) is 0 Å². The lowest BCUT2D eigenvalue weighted by molar-refractivity contribution is 0.274. The highest BCUT2D eigenvalue weighted by Crippen LogP contribution is 2.26. The third kappa shape index (κ3) is 4.00. The summed E-state index contributed by atoms with van der Waals surface area (Å²) in [5, 5.41) is 0. The molecule has 1 unspecified atom stereocenters. The minimum absolute atomic E-state index is 0.206. The van der Waals surface area contributed by atoms with Gasteiger partial charge >= 0.3 is 0 Å². The van der Waals surface area contributed by atoms with Gasteiger partial charge < -0.3 is 0 Å². The van der Waals surface area contributed by atoms with Crippen LogP contribution in [0.3, 0.4) is 0 Å². The molecule has 0 spiro atoms. The van der Waals surface area contributed by atoms with Crippen LogP contribution in [0.1, 0.15) is 33.6 Å². The molecule has 1 aliphatic heterocycles. The summed E-state index contributed by atoms with van der Waals surface area (Å²) in [4.78, 5) is 0.488. The van der Waals surface area contributed by atoms with Crippen LogP contribution in [0.25, 0.3) is 0 Å². The van der Waals surface area contributed by atoms with Crippen molar-refractivity contribution in [2.24, 2.45) is 11.8 Å². The fourth-order valence-corrected chi connectivity index (χ4v) is 4.49. The molecule has 0 N–H and O–H groups in total. The van der Waals surface area contributed by atoms with E-state index in [0.29, 0.717) is 23.8 Å². The van der Waals surface area contributed by atoms with Gasteiger partial charge in [0.25, 0.3) is 0 Å². The Morgan fingerprint density at radius 2 is 1.75 bits per heavy atom. The van der Waals surface area contributed by atoms with Crippen LogP contribution in [0.2, 0.25) is 0 Å². The average molecular weight is 312 g/mol. The van der Waals surface area contributed by atoms with Crippen LogP contribution in [0.15, 0.2) is 0 Å². The first-order valence-electron chi connectivity index (χ1n) is 5.95. The van der Waals surface area contributed by atoms with E-state index in [1.54, 1.807) is 4.31 Å². The maximum absolute atomic E-state index is 12.0. The van der Waals surface area contributed by atoms with E-state index in [0.717, 1.165) is 12.8 Å². The maximum atomic E-state index is 12.0. The van der Waals surface area contributed by atoms with Gasteiger partial charge in [0.2, 0.25) is 10.0 Å². The number of hydrogen-bond acceptors (Lipinski definition) is 2. The van der Waals surface area contributed by atoms with Crippen molar-refractivity contribution >= 4 is 26.0 Å². The molecule has 16 heavy (non-hydrogen) atoms. The zero-order valence-corrected chi connectivity index (χ0v) is 12.7. The van der Waals surface area contributed by atoms with Crippen LogP contribution in [0.5, 0.6) is 0 Å². The molecule has 0 aromatic carbocycles. The van der Waals surface area contributed by atoms with Crippen molar-refractivity contribution in [1.82, 2.24) is 4.31 Å². The molecule has 1 fully saturated rings. The summed E-state index contributed by atoms with van der Waals surface area (Å²) in [6.45, 7) is 7.42. The number of hydrogen-bond donors (Lipinski definition) is 0. The predicted molar refractivity (Wildman–Crippen MR) is 71.3 cm³/mol. The maximum Gasteiger partial charge on any atom is 0.214 e. The normalized spacial score (nSPS) is 22.6. The molecule has 0 amide bonds. The lowest BCUT2D eigenvalue weighted by atomic mass is 9.96. The fourth-order valence-electron chi connectivity index (χ4n) is 2.14. The lowest BCUT2D eigenvalue weighted by Crippen LogP contribution is -2.41. The van der Waals surface area contributed by atoms with Crippen LogP contribution >= 0.6 is 15.9 Å². The monoisotopic (exact) mass is 311 g/mol. The molecule has 0 aromatic rings. The molecular formula is C11H22BrNO2S. The second-order valence-electron chi connectivity index (χ2n) is 5.09. The van der Waals surface area contributed by atoms with Gasteiger partial charge in [0, 0.05) is 17.9 Å². The highest BCUT2D eigenvalue weighted by molar-refractivity contribution is 9.09. The van der Waals surface area contributed by atoms with Gasteiger partial charge in [-0.1, -0.05) is 36.7 Å². The molecule has 1 saturated heterocycles. The zero-order chi connectivity index (χ0) is 12.3. The van der Waals surface area contributed by atoms with E-state index in [1.165, 1.54) is 0 Å². The zero-order valence-electron chi connectivity index (χ0n) is 10.3. The molecule has 1 aliphatic rings. The van der Waals surface area contributed by atoms with Gasteiger partial charge in [-0.25, -0.2) is 12.7 Å². The summed E-state index contributed by atoms with van der Waals surface area (Å²) < 4.78 is 25.6. The average Bonchev–Trinajstić information content (AvgIpc) is 2.16. The Morgan fingerprint density at radius 3 is 2.12 bits per heavy atom. The van der Waals surface area contributed by atoms with Crippen molar-refractivity contribution in [2.75, 3.05) is 18.8 Å². The molecule has 0 saturated carbocycles. The Bertz CT molecular complexity index is 306. The summed E-state index contributed by atoms with van der Waals surface area (Å²) in [6.07, 6.45) is 1.95. The SMILES string of the molecule is CC(C)CS(=O)(=O)N1CCC(C(C)Br)CC1. The van der Waals surface area contributed by atoms with Gasteiger partial charge in [-0.2, -0.15) is 0 Å². The van der Waals surface area contributed by atoms with Crippen LogP contribution in [0, 0.1) is 11.8 Å². The van der Waals surface area contributed by atoms with Gasteiger partial charge in [0.05, 0.1) is 5.75 Å². The molecule has 1 heterocycles. The Morgan fingerprint density at radius 1 is 1.25 bits per heavy atom. The number of sulfonamides is 1. The first-order valence-corrected chi connectivity index (χ1v) is 8.47. The third-order valence-electron chi connectivity index (χ3n) is 3.09. The fraction of sp³-hybridized carbons (Fsp3) is 1.00. The molecule has 5 heteroatoms. The Hall–Kier alpha value is 0.390. The molecule has 96 valence electrons. The molecule has 1 atom stereocenters.